The summed E-state index contributed by atoms with van der Waals surface area (Å²) >= 11 is 0. The van der Waals surface area contributed by atoms with E-state index in [1.807, 2.05) is 12.1 Å². The van der Waals surface area contributed by atoms with E-state index in [4.69, 9.17) is 0 Å². The highest BCUT2D eigenvalue weighted by molar-refractivity contribution is 6.02. The first kappa shape index (κ1) is 24.6. The Morgan fingerprint density at radius 2 is 1.88 bits per heavy atom. The number of rotatable bonds is 11. The molecule has 1 unspecified atom stereocenters. The Bertz CT molecular complexity index is 988. The maximum absolute atomic E-state index is 13.2. The predicted octanol–water partition coefficient (Wildman–Crippen LogP) is 6.38. The third kappa shape index (κ3) is 6.12. The maximum atomic E-state index is 13.2. The number of benzene rings is 2. The summed E-state index contributed by atoms with van der Waals surface area (Å²) in [5.74, 6) is -0.221. The lowest BCUT2D eigenvalue weighted by Gasteiger charge is -2.36. The van der Waals surface area contributed by atoms with E-state index in [0.29, 0.717) is 30.6 Å². The molecule has 0 aliphatic carbocycles. The molecule has 182 valence electrons. The number of halogens is 1. The fourth-order valence-corrected chi connectivity index (χ4v) is 5.34. The van der Waals surface area contributed by atoms with Crippen molar-refractivity contribution in [1.82, 2.24) is 9.80 Å². The molecule has 0 N–H and O–H groups in total. The van der Waals surface area contributed by atoms with Crippen LogP contribution in [0.2, 0.25) is 0 Å². The summed E-state index contributed by atoms with van der Waals surface area (Å²) in [6, 6.07) is 12.5. The molecule has 1 atom stereocenters. The van der Waals surface area contributed by atoms with Crippen LogP contribution in [-0.4, -0.2) is 40.6 Å². The van der Waals surface area contributed by atoms with Crippen LogP contribution in [0.15, 0.2) is 42.5 Å². The molecule has 0 saturated carbocycles. The molecule has 1 fully saturated rings. The van der Waals surface area contributed by atoms with Crippen LogP contribution in [0.1, 0.15) is 96.6 Å². The number of hydrogen-bond donors (Lipinski definition) is 0. The molecule has 2 aromatic rings. The third-order valence-corrected chi connectivity index (χ3v) is 7.34. The fraction of sp³-hybridized carbons (Fsp3) is 0.517. The van der Waals surface area contributed by atoms with Gasteiger partial charge in [0, 0.05) is 36.7 Å². The predicted molar refractivity (Wildman–Crippen MR) is 133 cm³/mol. The molecule has 2 aliphatic rings. The summed E-state index contributed by atoms with van der Waals surface area (Å²) in [6.45, 7) is 5.50. The van der Waals surface area contributed by atoms with Crippen LogP contribution in [0.25, 0.3) is 0 Å². The van der Waals surface area contributed by atoms with Crippen molar-refractivity contribution in [1.29, 1.82) is 0 Å². The van der Waals surface area contributed by atoms with Gasteiger partial charge in [-0.05, 0) is 74.5 Å². The molecule has 4 nitrogen and oxygen atoms in total. The molecule has 4 rings (SSSR count). The van der Waals surface area contributed by atoms with Crippen LogP contribution < -0.4 is 0 Å². The Balaban J connectivity index is 1.27. The average molecular weight is 465 g/mol. The average Bonchev–Trinajstić information content (AvgIpc) is 3.16. The van der Waals surface area contributed by atoms with Gasteiger partial charge in [-0.2, -0.15) is 0 Å². The summed E-state index contributed by atoms with van der Waals surface area (Å²) in [6.07, 6.45) is 10.3. The smallest absolute Gasteiger partial charge is 0.254 e. The summed E-state index contributed by atoms with van der Waals surface area (Å²) in [5.41, 5.74) is 3.10. The number of unbranched alkanes of at least 4 members (excludes halogenated alkanes) is 2. The Labute approximate surface area is 203 Å². The quantitative estimate of drug-likeness (QED) is 0.286. The van der Waals surface area contributed by atoms with Crippen LogP contribution in [-0.2, 0) is 13.1 Å². The van der Waals surface area contributed by atoms with E-state index in [9.17, 15) is 14.0 Å². The Kier molecular flexibility index (Phi) is 8.49. The zero-order valence-electron chi connectivity index (χ0n) is 20.4. The van der Waals surface area contributed by atoms with Crippen molar-refractivity contribution in [2.45, 2.75) is 83.8 Å². The lowest BCUT2D eigenvalue weighted by molar-refractivity contribution is 0.0766. The maximum Gasteiger partial charge on any atom is 0.254 e. The van der Waals surface area contributed by atoms with Gasteiger partial charge in [0.1, 0.15) is 5.82 Å². The standard InChI is InChI=1S/C29H37FN2O2/c1-2-3-8-26-9-4-6-17-31(26)18-7-5-10-28(33)23-13-14-24-21-32(29(34)27(24)19-23)20-22-11-15-25(30)16-12-22/h11-16,19,26H,2-10,17-18,20-21H2,1H3. The monoisotopic (exact) mass is 464 g/mol. The molecule has 0 spiro atoms. The van der Waals surface area contributed by atoms with Crippen LogP contribution >= 0.6 is 0 Å². The largest absolute Gasteiger partial charge is 0.330 e. The topological polar surface area (TPSA) is 40.6 Å². The molecular weight excluding hydrogens is 427 g/mol. The van der Waals surface area contributed by atoms with Gasteiger partial charge in [0.05, 0.1) is 0 Å². The minimum atomic E-state index is -0.282. The van der Waals surface area contributed by atoms with E-state index in [2.05, 4.69) is 11.8 Å². The number of carbonyl (C=O) groups is 2. The first-order chi connectivity index (χ1) is 16.5. The SMILES string of the molecule is CCCCC1CCCCN1CCCCC(=O)c1ccc2c(c1)C(=O)N(Cc1ccc(F)cc1)C2. The van der Waals surface area contributed by atoms with Crippen molar-refractivity contribution in [3.05, 3.63) is 70.5 Å². The third-order valence-electron chi connectivity index (χ3n) is 7.34. The van der Waals surface area contributed by atoms with E-state index >= 15 is 0 Å². The van der Waals surface area contributed by atoms with Crippen molar-refractivity contribution in [2.24, 2.45) is 0 Å². The van der Waals surface area contributed by atoms with E-state index in [0.717, 1.165) is 36.6 Å². The van der Waals surface area contributed by atoms with Gasteiger partial charge in [-0.3, -0.25) is 9.59 Å². The number of amides is 1. The van der Waals surface area contributed by atoms with Crippen molar-refractivity contribution < 1.29 is 14.0 Å². The van der Waals surface area contributed by atoms with Gasteiger partial charge < -0.3 is 9.80 Å². The minimum absolute atomic E-state index is 0.0582. The molecule has 0 aromatic heterocycles. The van der Waals surface area contributed by atoms with E-state index < -0.39 is 0 Å². The Hall–Kier alpha value is -2.53. The number of likely N-dealkylation sites (tertiary alicyclic amines) is 1. The minimum Gasteiger partial charge on any atom is -0.330 e. The molecule has 1 saturated heterocycles. The van der Waals surface area contributed by atoms with Crippen molar-refractivity contribution in [3.63, 3.8) is 0 Å². The van der Waals surface area contributed by atoms with Gasteiger partial charge in [-0.15, -0.1) is 0 Å². The second-order valence-corrected chi connectivity index (χ2v) is 9.87. The molecule has 2 aliphatic heterocycles. The van der Waals surface area contributed by atoms with E-state index in [1.165, 1.54) is 57.2 Å². The van der Waals surface area contributed by atoms with Gasteiger partial charge in [0.2, 0.25) is 0 Å². The molecule has 1 amide bonds. The second kappa shape index (κ2) is 11.7. The van der Waals surface area contributed by atoms with Gasteiger partial charge >= 0.3 is 0 Å². The lowest BCUT2D eigenvalue weighted by Crippen LogP contribution is -2.40. The number of ketones is 1. The number of piperidine rings is 1. The number of nitrogens with zero attached hydrogens (tertiary/aromatic N) is 2. The molecule has 0 radical (unpaired) electrons. The van der Waals surface area contributed by atoms with Gasteiger partial charge in [-0.1, -0.05) is 50.5 Å². The van der Waals surface area contributed by atoms with Crippen molar-refractivity contribution in [2.75, 3.05) is 13.1 Å². The highest BCUT2D eigenvalue weighted by atomic mass is 19.1. The Morgan fingerprint density at radius 1 is 1.06 bits per heavy atom. The molecule has 2 heterocycles. The fourth-order valence-electron chi connectivity index (χ4n) is 5.34. The van der Waals surface area contributed by atoms with Crippen molar-refractivity contribution in [3.8, 4) is 0 Å². The normalized spacial score (nSPS) is 18.4. The zero-order chi connectivity index (χ0) is 23.9. The first-order valence-electron chi connectivity index (χ1n) is 13.0. The zero-order valence-corrected chi connectivity index (χ0v) is 20.4. The Morgan fingerprint density at radius 3 is 2.68 bits per heavy atom. The van der Waals surface area contributed by atoms with Gasteiger partial charge in [-0.25, -0.2) is 4.39 Å². The molecular formula is C29H37FN2O2. The molecule has 34 heavy (non-hydrogen) atoms. The number of Topliss-reactive ketones (excluding diaryl/α,β-unsaturated/α-hetero) is 1. The van der Waals surface area contributed by atoms with Gasteiger partial charge in [0.15, 0.2) is 5.78 Å². The summed E-state index contributed by atoms with van der Waals surface area (Å²) in [7, 11) is 0. The lowest BCUT2D eigenvalue weighted by atomic mass is 9.96. The summed E-state index contributed by atoms with van der Waals surface area (Å²) in [4.78, 5) is 30.2. The van der Waals surface area contributed by atoms with Gasteiger partial charge in [0.25, 0.3) is 5.91 Å². The van der Waals surface area contributed by atoms with E-state index in [-0.39, 0.29) is 17.5 Å². The highest BCUT2D eigenvalue weighted by Crippen LogP contribution is 2.27. The molecule has 0 bridgehead atoms. The summed E-state index contributed by atoms with van der Waals surface area (Å²) < 4.78 is 13.2. The molecule has 2 aromatic carbocycles. The number of hydrogen-bond acceptors (Lipinski definition) is 3. The van der Waals surface area contributed by atoms with Crippen LogP contribution in [0.3, 0.4) is 0 Å². The number of fused-ring (bicyclic) bond motifs is 1. The summed E-state index contributed by atoms with van der Waals surface area (Å²) in [5, 5.41) is 0. The van der Waals surface area contributed by atoms with Crippen LogP contribution in [0.5, 0.6) is 0 Å². The van der Waals surface area contributed by atoms with E-state index in [1.54, 1.807) is 23.1 Å². The second-order valence-electron chi connectivity index (χ2n) is 9.87. The number of carbonyl (C=O) groups excluding carboxylic acids is 2. The van der Waals surface area contributed by atoms with Crippen LogP contribution in [0, 0.1) is 5.82 Å². The van der Waals surface area contributed by atoms with Crippen molar-refractivity contribution >= 4 is 11.7 Å². The van der Waals surface area contributed by atoms with Crippen LogP contribution in [0.4, 0.5) is 4.39 Å². The highest BCUT2D eigenvalue weighted by Gasteiger charge is 2.28. The first-order valence-corrected chi connectivity index (χ1v) is 13.0. The molecule has 5 heteroatoms.